The first kappa shape index (κ1) is 21.3. The van der Waals surface area contributed by atoms with Crippen LogP contribution >= 0.6 is 0 Å². The lowest BCUT2D eigenvalue weighted by molar-refractivity contribution is -0.113. The Kier molecular flexibility index (Phi) is 4.96. The molecule has 0 atom stereocenters. The van der Waals surface area contributed by atoms with Gasteiger partial charge < -0.3 is 0 Å². The highest BCUT2D eigenvalue weighted by molar-refractivity contribution is 5.77. The molecule has 0 heteroatoms. The minimum Gasteiger partial charge on any atom is -0.0619 e. The fourth-order valence-electron chi connectivity index (χ4n) is 7.64. The van der Waals surface area contributed by atoms with Crippen molar-refractivity contribution in [1.29, 1.82) is 0 Å². The fourth-order valence-corrected chi connectivity index (χ4v) is 7.64. The van der Waals surface area contributed by atoms with Gasteiger partial charge in [0.05, 0.1) is 0 Å². The Morgan fingerprint density at radius 1 is 0.677 bits per heavy atom. The van der Waals surface area contributed by atoms with Gasteiger partial charge in [0.25, 0.3) is 0 Å². The number of hydrogen-bond acceptors (Lipinski definition) is 0. The summed E-state index contributed by atoms with van der Waals surface area (Å²) in [7, 11) is 0. The van der Waals surface area contributed by atoms with Crippen LogP contribution in [0.4, 0.5) is 0 Å². The second-order valence-electron chi connectivity index (χ2n) is 13.4. The lowest BCUT2D eigenvalue weighted by atomic mass is 9.43. The van der Waals surface area contributed by atoms with Gasteiger partial charge in [0.1, 0.15) is 0 Å². The molecule has 0 aliphatic heterocycles. The predicted octanol–water partition coefficient (Wildman–Crippen LogP) is 8.80. The van der Waals surface area contributed by atoms with Crippen LogP contribution in [0.25, 0.3) is 11.1 Å². The van der Waals surface area contributed by atoms with Crippen LogP contribution in [0.1, 0.15) is 96.8 Å². The van der Waals surface area contributed by atoms with Crippen molar-refractivity contribution in [2.45, 2.75) is 91.9 Å². The van der Waals surface area contributed by atoms with E-state index >= 15 is 0 Å². The predicted molar refractivity (Wildman–Crippen MR) is 133 cm³/mol. The molecule has 4 saturated carbocycles. The van der Waals surface area contributed by atoms with Crippen molar-refractivity contribution in [3.8, 4) is 11.1 Å². The zero-order chi connectivity index (χ0) is 22.0. The van der Waals surface area contributed by atoms with Gasteiger partial charge in [-0.1, -0.05) is 84.0 Å². The van der Waals surface area contributed by atoms with Crippen LogP contribution in [-0.2, 0) is 11.8 Å². The Morgan fingerprint density at radius 2 is 1.23 bits per heavy atom. The number of hydrogen-bond donors (Lipinski definition) is 0. The van der Waals surface area contributed by atoms with E-state index in [1.807, 2.05) is 0 Å². The van der Waals surface area contributed by atoms with E-state index in [1.54, 1.807) is 38.5 Å². The second-order valence-corrected chi connectivity index (χ2v) is 13.4. The van der Waals surface area contributed by atoms with E-state index in [0.717, 1.165) is 29.6 Å². The highest BCUT2D eigenvalue weighted by Gasteiger charge is 2.55. The zero-order valence-corrected chi connectivity index (χ0v) is 20.7. The minimum absolute atomic E-state index is 0.240. The third-order valence-electron chi connectivity index (χ3n) is 9.29. The summed E-state index contributed by atoms with van der Waals surface area (Å²) in [6, 6.07) is 15.7. The summed E-state index contributed by atoms with van der Waals surface area (Å²) in [4.78, 5) is 0. The molecule has 7 rings (SSSR count). The van der Waals surface area contributed by atoms with Crippen LogP contribution in [0.5, 0.6) is 0 Å². The van der Waals surface area contributed by atoms with E-state index in [2.05, 4.69) is 84.0 Å². The minimum atomic E-state index is 0.240. The molecule has 31 heavy (non-hydrogen) atoms. The first-order chi connectivity index (χ1) is 14.5. The fraction of sp³-hybridized carbons (Fsp3) is 0.613. The first-order valence-corrected chi connectivity index (χ1v) is 12.8. The maximum absolute atomic E-state index is 2.49. The van der Waals surface area contributed by atoms with Crippen molar-refractivity contribution < 1.29 is 0 Å². The summed E-state index contributed by atoms with van der Waals surface area (Å²) in [6.07, 6.45) is 10.5. The standard InChI is InChI=1S/C17H18.C14H24/c1-17(2,3)14-8-9-16-13(11-14)10-12-6-4-5-7-15(12)16;1-13(2,3)14-7-10-4-11(8-14)6-12(5-10)9-14/h4-9,11H,10H2,1-3H3;10-12H,4-9H2,1-3H3. The van der Waals surface area contributed by atoms with Crippen molar-refractivity contribution in [2.75, 3.05) is 0 Å². The van der Waals surface area contributed by atoms with E-state index in [0.29, 0.717) is 5.41 Å². The quantitative estimate of drug-likeness (QED) is 0.345. The molecular formula is C31H42. The highest BCUT2D eigenvalue weighted by Crippen LogP contribution is 2.65. The Balaban J connectivity index is 0.000000134. The van der Waals surface area contributed by atoms with Gasteiger partial charge in [-0.05, 0) is 107 Å². The van der Waals surface area contributed by atoms with Crippen LogP contribution in [0, 0.1) is 28.6 Å². The molecule has 5 aliphatic carbocycles. The molecule has 0 radical (unpaired) electrons. The Labute approximate surface area is 190 Å². The largest absolute Gasteiger partial charge is 0.0619 e. The monoisotopic (exact) mass is 414 g/mol. The van der Waals surface area contributed by atoms with Crippen molar-refractivity contribution in [3.63, 3.8) is 0 Å². The second kappa shape index (κ2) is 7.23. The average Bonchev–Trinajstić information content (AvgIpc) is 3.04. The van der Waals surface area contributed by atoms with Crippen LogP contribution < -0.4 is 0 Å². The molecule has 0 aromatic heterocycles. The summed E-state index contributed by atoms with van der Waals surface area (Å²) >= 11 is 0. The summed E-state index contributed by atoms with van der Waals surface area (Å²) in [6.45, 7) is 14.3. The van der Waals surface area contributed by atoms with Gasteiger partial charge in [-0.2, -0.15) is 0 Å². The van der Waals surface area contributed by atoms with Gasteiger partial charge >= 0.3 is 0 Å². The molecule has 2 aromatic carbocycles. The molecule has 0 saturated heterocycles. The molecule has 0 amide bonds. The normalized spacial score (nSPS) is 30.5. The SMILES string of the molecule is CC(C)(C)C12CC3CC(CC(C3)C1)C2.CC(C)(C)c1ccc2c(c1)Cc1ccccc1-2. The van der Waals surface area contributed by atoms with E-state index in [9.17, 15) is 0 Å². The molecule has 2 aromatic rings. The molecule has 0 heterocycles. The number of fused-ring (bicyclic) bond motifs is 3. The van der Waals surface area contributed by atoms with Gasteiger partial charge in [-0.3, -0.25) is 0 Å². The van der Waals surface area contributed by atoms with Gasteiger partial charge in [-0.15, -0.1) is 0 Å². The van der Waals surface area contributed by atoms with Crippen LogP contribution in [-0.4, -0.2) is 0 Å². The summed E-state index contributed by atoms with van der Waals surface area (Å²) in [5.74, 6) is 3.33. The molecule has 166 valence electrons. The van der Waals surface area contributed by atoms with Crippen LogP contribution in [0.15, 0.2) is 42.5 Å². The third-order valence-corrected chi connectivity index (χ3v) is 9.29. The number of benzene rings is 2. The van der Waals surface area contributed by atoms with Crippen LogP contribution in [0.3, 0.4) is 0 Å². The van der Waals surface area contributed by atoms with Crippen molar-refractivity contribution in [3.05, 3.63) is 59.2 Å². The van der Waals surface area contributed by atoms with E-state index < -0.39 is 0 Å². The summed E-state index contributed by atoms with van der Waals surface area (Å²) < 4.78 is 0. The number of rotatable bonds is 0. The average molecular weight is 415 g/mol. The lowest BCUT2D eigenvalue weighted by Crippen LogP contribution is -2.51. The van der Waals surface area contributed by atoms with Gasteiger partial charge in [-0.25, -0.2) is 0 Å². The lowest BCUT2D eigenvalue weighted by Gasteiger charge is -2.62. The van der Waals surface area contributed by atoms with E-state index in [1.165, 1.54) is 27.8 Å². The van der Waals surface area contributed by atoms with Crippen molar-refractivity contribution in [1.82, 2.24) is 0 Å². The smallest absolute Gasteiger partial charge is 0.00134 e. The topological polar surface area (TPSA) is 0 Å². The first-order valence-electron chi connectivity index (χ1n) is 12.8. The molecule has 4 fully saturated rings. The summed E-state index contributed by atoms with van der Waals surface area (Å²) in [5.41, 5.74) is 8.77. The van der Waals surface area contributed by atoms with Crippen molar-refractivity contribution in [2.24, 2.45) is 28.6 Å². The maximum Gasteiger partial charge on any atom is -0.00134 e. The van der Waals surface area contributed by atoms with Gasteiger partial charge in [0.15, 0.2) is 0 Å². The molecule has 0 unspecified atom stereocenters. The molecule has 0 spiro atoms. The molecule has 0 nitrogen and oxygen atoms in total. The Morgan fingerprint density at radius 3 is 1.77 bits per heavy atom. The summed E-state index contributed by atoms with van der Waals surface area (Å²) in [5, 5.41) is 0. The van der Waals surface area contributed by atoms with Gasteiger partial charge in [0.2, 0.25) is 0 Å². The molecular weight excluding hydrogens is 372 g/mol. The van der Waals surface area contributed by atoms with E-state index in [-0.39, 0.29) is 5.41 Å². The molecule has 0 N–H and O–H groups in total. The molecule has 4 bridgehead atoms. The molecule has 5 aliphatic rings. The van der Waals surface area contributed by atoms with Crippen molar-refractivity contribution >= 4 is 0 Å². The van der Waals surface area contributed by atoms with E-state index in [4.69, 9.17) is 0 Å². The zero-order valence-electron chi connectivity index (χ0n) is 20.7. The Bertz CT molecular complexity index is 927. The maximum atomic E-state index is 2.49. The highest BCUT2D eigenvalue weighted by atomic mass is 14.6. The van der Waals surface area contributed by atoms with Gasteiger partial charge in [0, 0.05) is 0 Å². The third kappa shape index (κ3) is 3.79. The Hall–Kier alpha value is -1.56. The van der Waals surface area contributed by atoms with Crippen LogP contribution in [0.2, 0.25) is 0 Å².